The number of carbonyl (C=O) groups is 5. The number of benzene rings is 1. The maximum atomic E-state index is 12.4. The molecule has 6 aromatic heterocycles. The molecule has 0 bridgehead atoms. The van der Waals surface area contributed by atoms with Crippen molar-refractivity contribution in [1.29, 1.82) is 0 Å². The van der Waals surface area contributed by atoms with Crippen molar-refractivity contribution in [3.8, 4) is 56.7 Å². The van der Waals surface area contributed by atoms with Crippen molar-refractivity contribution in [2.24, 2.45) is 0 Å². The fourth-order valence-corrected chi connectivity index (χ4v) is 6.09. The van der Waals surface area contributed by atoms with Crippen molar-refractivity contribution >= 4 is 51.8 Å². The minimum Gasteiger partial charge on any atom is -0.412 e. The Labute approximate surface area is 480 Å². The Hall–Kier alpha value is -7.99. The SMILES string of the molecule is CN(C)C=O.CN(C)C=O.F[P-](F)(F)(F)(F)F.F[P-](F)(F)(F)(F)F.O.O=C(CCCCCN1C(=O)C=CC1=O)Nc1ccc(-c2cc(-c3ccccn3)nc(-c3ccccn3)c2)cc1.[Ru+2].c1ccc(-c2cccc(-c3ccccn3)n2)nc1. The standard InChI is InChI=1S/C31H27N5O3.C15H11N3.2C3H7NO.2F6P.H2O.Ru/c37-29(10-2-1-7-19-36-30(38)15-16-31(36)39)34-24-13-11-22(12-14-24)23-20-27(25-8-3-5-17-32-25)35-28(21-23)26-9-4-6-18-33-26;1-3-10-16-12(6-1)14-8-5-9-15(18-14)13-7-2-4-11-17-13;2*1-4(2)3-5;2*1-7(2,3,4,5)6;;/h3-6,8-9,11-18,20-21H,1-2,7,10,19H2,(H,34,37);1-11H;2*3H,1-2H3;;;1H2;/q;;;;2*-1;;+2. The van der Waals surface area contributed by atoms with E-state index in [1.807, 2.05) is 127 Å². The summed E-state index contributed by atoms with van der Waals surface area (Å²) in [7, 11) is -14.6. The number of anilines is 1. The molecule has 1 aliphatic heterocycles. The van der Waals surface area contributed by atoms with Crippen molar-refractivity contribution in [1.82, 2.24) is 44.6 Å². The zero-order chi connectivity index (χ0) is 60.6. The molecule has 0 radical (unpaired) electrons. The van der Waals surface area contributed by atoms with Gasteiger partial charge in [-0.05, 0) is 109 Å². The molecule has 1 aromatic carbocycles. The third kappa shape index (κ3) is 34.8. The topological polar surface area (TPSA) is 216 Å². The van der Waals surface area contributed by atoms with E-state index in [9.17, 15) is 74.3 Å². The van der Waals surface area contributed by atoms with Crippen LogP contribution in [0, 0.1) is 0 Å². The van der Waals surface area contributed by atoms with Crippen LogP contribution in [-0.4, -0.2) is 115 Å². The molecule has 0 unspecified atom stereocenters. The van der Waals surface area contributed by atoms with Crippen LogP contribution in [0.4, 0.5) is 56.1 Å². The second-order valence-electron chi connectivity index (χ2n) is 17.0. The summed E-state index contributed by atoms with van der Waals surface area (Å²) in [6.07, 6.45) is 13.6. The van der Waals surface area contributed by atoms with Crippen LogP contribution >= 0.6 is 15.6 Å². The van der Waals surface area contributed by atoms with Crippen LogP contribution in [0.15, 0.2) is 164 Å². The molecule has 16 nitrogen and oxygen atoms in total. The predicted octanol–water partition coefficient (Wildman–Crippen LogP) is 13.8. The second kappa shape index (κ2) is 30.4. The van der Waals surface area contributed by atoms with Gasteiger partial charge in [-0.25, -0.2) is 9.97 Å². The van der Waals surface area contributed by atoms with E-state index in [4.69, 9.17) is 4.98 Å². The molecule has 5 amide bonds. The van der Waals surface area contributed by atoms with E-state index >= 15 is 0 Å². The first-order valence-electron chi connectivity index (χ1n) is 23.4. The van der Waals surface area contributed by atoms with Crippen LogP contribution in [-0.2, 0) is 43.5 Å². The van der Waals surface area contributed by atoms with Crippen LogP contribution < -0.4 is 5.32 Å². The summed E-state index contributed by atoms with van der Waals surface area (Å²) in [4.78, 5) is 85.5. The number of hydrogen-bond donors (Lipinski definition) is 1. The smallest absolute Gasteiger partial charge is 0.412 e. The summed E-state index contributed by atoms with van der Waals surface area (Å²) in [6.45, 7) is 0.382. The molecule has 1 aliphatic rings. The van der Waals surface area contributed by atoms with E-state index in [0.29, 0.717) is 31.5 Å². The summed E-state index contributed by atoms with van der Waals surface area (Å²) >= 11 is 0. The van der Waals surface area contributed by atoms with Gasteiger partial charge in [-0.15, -0.1) is 0 Å². The fourth-order valence-electron chi connectivity index (χ4n) is 6.09. The van der Waals surface area contributed by atoms with E-state index in [0.717, 1.165) is 75.9 Å². The van der Waals surface area contributed by atoms with E-state index in [-0.39, 0.29) is 42.7 Å². The molecule has 0 fully saturated rings. The average molecular weight is 1310 g/mol. The monoisotopic (exact) mass is 1310 g/mol. The Bertz CT molecular complexity index is 3020. The van der Waals surface area contributed by atoms with Gasteiger partial charge in [0.15, 0.2) is 0 Å². The Kier molecular flexibility index (Phi) is 26.7. The molecule has 8 rings (SSSR count). The van der Waals surface area contributed by atoms with Gasteiger partial charge >= 0.3 is 85.5 Å². The Morgan fingerprint density at radius 1 is 0.482 bits per heavy atom. The second-order valence-corrected chi connectivity index (χ2v) is 20.9. The first-order chi connectivity index (χ1) is 37.4. The third-order valence-corrected chi connectivity index (χ3v) is 9.39. The van der Waals surface area contributed by atoms with Crippen molar-refractivity contribution in [3.63, 3.8) is 0 Å². The van der Waals surface area contributed by atoms with Crippen molar-refractivity contribution < 1.29 is 99.3 Å². The van der Waals surface area contributed by atoms with E-state index in [1.54, 1.807) is 53.0 Å². The van der Waals surface area contributed by atoms with Gasteiger partial charge in [0.1, 0.15) is 0 Å². The van der Waals surface area contributed by atoms with Crippen molar-refractivity contribution in [3.05, 3.63) is 164 Å². The number of imide groups is 1. The number of hydrogen-bond acceptors (Lipinski definition) is 11. The number of pyridine rings is 6. The van der Waals surface area contributed by atoms with E-state index < -0.39 is 15.6 Å². The largest absolute Gasteiger partial charge is 2.00 e. The molecule has 0 saturated heterocycles. The molecule has 0 atom stereocenters. The third-order valence-electron chi connectivity index (χ3n) is 9.39. The number of nitrogens with zero attached hydrogens (tertiary/aromatic N) is 9. The summed E-state index contributed by atoms with van der Waals surface area (Å²) < 4.78 is 118. The summed E-state index contributed by atoms with van der Waals surface area (Å²) in [5.41, 5.74) is 9.17. The molecule has 0 aliphatic carbocycles. The molecule has 7 aromatic rings. The molecular weight excluding hydrogens is 1250 g/mol. The van der Waals surface area contributed by atoms with Crippen LogP contribution in [0.25, 0.3) is 56.7 Å². The normalized spacial score (nSPS) is 12.9. The van der Waals surface area contributed by atoms with Crippen molar-refractivity contribution in [2.45, 2.75) is 25.7 Å². The van der Waals surface area contributed by atoms with Gasteiger partial charge in [-0.3, -0.25) is 48.8 Å². The minimum atomic E-state index is -10.7. The first kappa shape index (κ1) is 73.0. The number of halogens is 12. The summed E-state index contributed by atoms with van der Waals surface area (Å²) in [5.74, 6) is -0.612. The van der Waals surface area contributed by atoms with Crippen LogP contribution in [0.1, 0.15) is 25.7 Å². The average Bonchev–Trinajstić information content (AvgIpc) is 3.97. The molecule has 0 saturated carbocycles. The zero-order valence-corrected chi connectivity index (χ0v) is 47.7. The Morgan fingerprint density at radius 2 is 0.807 bits per heavy atom. The maximum absolute atomic E-state index is 12.4. The first-order valence-corrected chi connectivity index (χ1v) is 27.4. The predicted molar refractivity (Wildman–Crippen MR) is 290 cm³/mol. The number of unbranched alkanes of at least 4 members (excludes halogenated alkanes) is 2. The Balaban J connectivity index is 0.000000641. The van der Waals surface area contributed by atoms with E-state index in [2.05, 4.69) is 30.2 Å². The van der Waals surface area contributed by atoms with E-state index in [1.165, 1.54) is 26.9 Å². The van der Waals surface area contributed by atoms with Gasteiger partial charge in [0, 0.05) is 83.8 Å². The molecular formula is C52H54F12N10O6P2Ru. The van der Waals surface area contributed by atoms with Crippen LogP contribution in [0.3, 0.4) is 0 Å². The molecule has 450 valence electrons. The van der Waals surface area contributed by atoms with Gasteiger partial charge in [-0.2, -0.15) is 0 Å². The maximum Gasteiger partial charge on any atom is 2.00 e. The number of aromatic nitrogens is 6. The Morgan fingerprint density at radius 3 is 1.13 bits per heavy atom. The molecule has 7 heterocycles. The number of nitrogens with one attached hydrogen (secondary N) is 1. The number of amides is 5. The fraction of sp³-hybridized carbons (Fsp3) is 0.173. The number of carbonyl (C=O) groups excluding carboxylic acids is 5. The van der Waals surface area contributed by atoms with Gasteiger partial charge in [0.2, 0.25) is 18.7 Å². The molecule has 83 heavy (non-hydrogen) atoms. The summed E-state index contributed by atoms with van der Waals surface area (Å²) in [6, 6.07) is 40.6. The van der Waals surface area contributed by atoms with Gasteiger partial charge in [-0.1, -0.05) is 48.9 Å². The molecule has 3 N–H and O–H groups in total. The minimum absolute atomic E-state index is 0. The van der Waals surface area contributed by atoms with Crippen LogP contribution in [0.2, 0.25) is 0 Å². The van der Waals surface area contributed by atoms with Crippen molar-refractivity contribution in [2.75, 3.05) is 40.1 Å². The van der Waals surface area contributed by atoms with Gasteiger partial charge in [0.05, 0.1) is 45.6 Å². The zero-order valence-electron chi connectivity index (χ0n) is 44.1. The van der Waals surface area contributed by atoms with Crippen LogP contribution in [0.5, 0.6) is 0 Å². The molecule has 31 heteroatoms. The number of rotatable bonds is 14. The van der Waals surface area contributed by atoms with Gasteiger partial charge in [0.25, 0.3) is 11.8 Å². The molecule has 0 spiro atoms. The summed E-state index contributed by atoms with van der Waals surface area (Å²) in [5, 5.41) is 2.94. The van der Waals surface area contributed by atoms with Gasteiger partial charge < -0.3 is 20.6 Å². The quantitative estimate of drug-likeness (QED) is 0.0270.